The lowest BCUT2D eigenvalue weighted by Crippen LogP contribution is -1.86. The lowest BCUT2D eigenvalue weighted by molar-refractivity contribution is 0.399. The number of hydrogen-bond donors (Lipinski definition) is 1. The molecule has 2 aromatic heterocycles. The van der Waals surface area contributed by atoms with Gasteiger partial charge < -0.3 is 9.72 Å². The second-order valence-electron chi connectivity index (χ2n) is 3.97. The number of hydrogen-bond acceptors (Lipinski definition) is 3. The van der Waals surface area contributed by atoms with Gasteiger partial charge in [0.15, 0.2) is 5.65 Å². The number of imidazole rings is 1. The van der Waals surface area contributed by atoms with Gasteiger partial charge in [0, 0.05) is 16.1 Å². The number of nitrogens with one attached hydrogen (secondary N) is 1. The fourth-order valence-electron chi connectivity index (χ4n) is 1.82. The van der Waals surface area contributed by atoms with E-state index in [1.54, 1.807) is 19.2 Å². The van der Waals surface area contributed by atoms with Gasteiger partial charge in [0.05, 0.1) is 12.6 Å². The van der Waals surface area contributed by atoms with Gasteiger partial charge in [0.1, 0.15) is 11.6 Å². The van der Waals surface area contributed by atoms with E-state index in [1.165, 1.54) is 12.1 Å². The molecule has 0 radical (unpaired) electrons. The molecule has 0 atom stereocenters. The maximum absolute atomic E-state index is 13.4. The Hall–Kier alpha value is -1.95. The van der Waals surface area contributed by atoms with Crippen LogP contribution in [-0.4, -0.2) is 22.1 Å². The first-order chi connectivity index (χ1) is 9.15. The van der Waals surface area contributed by atoms with E-state index in [9.17, 15) is 4.39 Å². The number of rotatable bonds is 2. The Labute approximate surface area is 116 Å². The molecule has 96 valence electrons. The van der Waals surface area contributed by atoms with E-state index in [2.05, 4.69) is 30.9 Å². The molecular weight excluding hydrogens is 313 g/mol. The van der Waals surface area contributed by atoms with Crippen LogP contribution in [0.2, 0.25) is 0 Å². The summed E-state index contributed by atoms with van der Waals surface area (Å²) in [6.07, 6.45) is 0. The molecule has 0 aliphatic carbocycles. The molecule has 0 fully saturated rings. The highest BCUT2D eigenvalue weighted by Gasteiger charge is 2.09. The zero-order valence-corrected chi connectivity index (χ0v) is 11.5. The summed E-state index contributed by atoms with van der Waals surface area (Å²) in [7, 11) is 1.55. The number of ether oxygens (including phenoxy) is 1. The Morgan fingerprint density at radius 3 is 2.79 bits per heavy atom. The zero-order valence-electron chi connectivity index (χ0n) is 9.95. The molecule has 0 aliphatic heterocycles. The van der Waals surface area contributed by atoms with Crippen LogP contribution >= 0.6 is 15.9 Å². The van der Waals surface area contributed by atoms with Crippen LogP contribution in [-0.2, 0) is 0 Å². The highest BCUT2D eigenvalue weighted by Crippen LogP contribution is 2.25. The SMILES string of the molecule is COc1ccc2[nH]c(-c3cc(F)cc(Br)c3)nc2n1. The average molecular weight is 322 g/mol. The molecule has 0 saturated heterocycles. The number of methoxy groups -OCH3 is 1. The Bertz CT molecular complexity index is 736. The second-order valence-corrected chi connectivity index (χ2v) is 4.88. The standard InChI is InChI=1S/C13H9BrFN3O/c1-19-11-3-2-10-13(17-11)18-12(16-10)7-4-8(14)6-9(15)5-7/h2-6H,1H3,(H,16,17,18). The van der Waals surface area contributed by atoms with Crippen LogP contribution in [0, 0.1) is 5.82 Å². The minimum atomic E-state index is -0.324. The Morgan fingerprint density at radius 2 is 2.05 bits per heavy atom. The molecule has 1 N–H and O–H groups in total. The van der Waals surface area contributed by atoms with Crippen molar-refractivity contribution in [2.75, 3.05) is 7.11 Å². The first kappa shape index (κ1) is 12.1. The largest absolute Gasteiger partial charge is 0.481 e. The Morgan fingerprint density at radius 1 is 1.21 bits per heavy atom. The maximum Gasteiger partial charge on any atom is 0.215 e. The molecule has 2 heterocycles. The molecule has 0 spiro atoms. The van der Waals surface area contributed by atoms with Gasteiger partial charge in [-0.25, -0.2) is 9.37 Å². The summed E-state index contributed by atoms with van der Waals surface area (Å²) in [5, 5.41) is 0. The molecule has 0 aliphatic rings. The zero-order chi connectivity index (χ0) is 13.4. The topological polar surface area (TPSA) is 50.8 Å². The van der Waals surface area contributed by atoms with E-state index < -0.39 is 0 Å². The van der Waals surface area contributed by atoms with E-state index in [1.807, 2.05) is 6.07 Å². The summed E-state index contributed by atoms with van der Waals surface area (Å²) < 4.78 is 19.1. The van der Waals surface area contributed by atoms with Crippen LogP contribution in [0.15, 0.2) is 34.8 Å². The third-order valence-corrected chi connectivity index (χ3v) is 3.12. The summed E-state index contributed by atoms with van der Waals surface area (Å²) in [5.74, 6) is 0.734. The Kier molecular flexibility index (Phi) is 2.94. The number of H-pyrrole nitrogens is 1. The monoisotopic (exact) mass is 321 g/mol. The summed E-state index contributed by atoms with van der Waals surface area (Å²) in [4.78, 5) is 11.7. The maximum atomic E-state index is 13.4. The predicted octanol–water partition coefficient (Wildman–Crippen LogP) is 3.54. The molecule has 19 heavy (non-hydrogen) atoms. The van der Waals surface area contributed by atoms with Crippen LogP contribution in [0.4, 0.5) is 4.39 Å². The minimum Gasteiger partial charge on any atom is -0.481 e. The van der Waals surface area contributed by atoms with Gasteiger partial charge in [-0.3, -0.25) is 0 Å². The quantitative estimate of drug-likeness (QED) is 0.785. The highest BCUT2D eigenvalue weighted by molar-refractivity contribution is 9.10. The van der Waals surface area contributed by atoms with Crippen molar-refractivity contribution < 1.29 is 9.13 Å². The van der Waals surface area contributed by atoms with Crippen molar-refractivity contribution in [3.63, 3.8) is 0 Å². The van der Waals surface area contributed by atoms with E-state index in [4.69, 9.17) is 4.74 Å². The summed E-state index contributed by atoms with van der Waals surface area (Å²) in [6, 6.07) is 8.17. The summed E-state index contributed by atoms with van der Waals surface area (Å²) in [5.41, 5.74) is 1.97. The summed E-state index contributed by atoms with van der Waals surface area (Å²) >= 11 is 3.26. The molecule has 3 rings (SSSR count). The van der Waals surface area contributed by atoms with E-state index in [0.717, 1.165) is 5.52 Å². The third kappa shape index (κ3) is 2.31. The lowest BCUT2D eigenvalue weighted by Gasteiger charge is -1.98. The van der Waals surface area contributed by atoms with Gasteiger partial charge >= 0.3 is 0 Å². The second kappa shape index (κ2) is 4.62. The van der Waals surface area contributed by atoms with Gasteiger partial charge in [-0.1, -0.05) is 15.9 Å². The first-order valence-corrected chi connectivity index (χ1v) is 6.32. The number of fused-ring (bicyclic) bond motifs is 1. The van der Waals surface area contributed by atoms with Gasteiger partial charge in [-0.05, 0) is 24.3 Å². The van der Waals surface area contributed by atoms with Crippen molar-refractivity contribution in [1.82, 2.24) is 15.0 Å². The molecule has 4 nitrogen and oxygen atoms in total. The molecular formula is C13H9BrFN3O. The summed E-state index contributed by atoms with van der Waals surface area (Å²) in [6.45, 7) is 0. The molecule has 0 bridgehead atoms. The fraction of sp³-hybridized carbons (Fsp3) is 0.0769. The normalized spacial score (nSPS) is 10.9. The van der Waals surface area contributed by atoms with Crippen molar-refractivity contribution in [3.05, 3.63) is 40.6 Å². The highest BCUT2D eigenvalue weighted by atomic mass is 79.9. The van der Waals surface area contributed by atoms with Crippen LogP contribution in [0.5, 0.6) is 5.88 Å². The van der Waals surface area contributed by atoms with Gasteiger partial charge in [0.2, 0.25) is 5.88 Å². The van der Waals surface area contributed by atoms with Crippen LogP contribution < -0.4 is 4.74 Å². The predicted molar refractivity (Wildman–Crippen MR) is 73.5 cm³/mol. The van der Waals surface area contributed by atoms with Gasteiger partial charge in [-0.2, -0.15) is 4.98 Å². The number of benzene rings is 1. The Balaban J connectivity index is 2.14. The molecule has 6 heteroatoms. The van der Waals surface area contributed by atoms with Crippen LogP contribution in [0.3, 0.4) is 0 Å². The van der Waals surface area contributed by atoms with E-state index >= 15 is 0 Å². The van der Waals surface area contributed by atoms with Crippen molar-refractivity contribution in [2.24, 2.45) is 0 Å². The smallest absolute Gasteiger partial charge is 0.215 e. The lowest BCUT2D eigenvalue weighted by atomic mass is 10.2. The first-order valence-electron chi connectivity index (χ1n) is 5.53. The van der Waals surface area contributed by atoms with Crippen molar-refractivity contribution in [3.8, 4) is 17.3 Å². The number of halogens is 2. The van der Waals surface area contributed by atoms with E-state index in [-0.39, 0.29) is 5.82 Å². The number of pyridine rings is 1. The van der Waals surface area contributed by atoms with Crippen molar-refractivity contribution >= 4 is 27.1 Å². The van der Waals surface area contributed by atoms with Crippen LogP contribution in [0.1, 0.15) is 0 Å². The molecule has 0 saturated carbocycles. The minimum absolute atomic E-state index is 0.324. The van der Waals surface area contributed by atoms with Crippen LogP contribution in [0.25, 0.3) is 22.6 Å². The fourth-order valence-corrected chi connectivity index (χ4v) is 2.28. The number of nitrogens with zero attached hydrogens (tertiary/aromatic N) is 2. The molecule has 3 aromatic rings. The third-order valence-electron chi connectivity index (χ3n) is 2.67. The average Bonchev–Trinajstić information content (AvgIpc) is 2.80. The van der Waals surface area contributed by atoms with Crippen molar-refractivity contribution in [1.29, 1.82) is 0 Å². The molecule has 0 unspecified atom stereocenters. The van der Waals surface area contributed by atoms with Gasteiger partial charge in [-0.15, -0.1) is 0 Å². The number of aromatic amines is 1. The molecule has 0 amide bonds. The number of aromatic nitrogens is 3. The molecule has 1 aromatic carbocycles. The van der Waals surface area contributed by atoms with Gasteiger partial charge in [0.25, 0.3) is 0 Å². The van der Waals surface area contributed by atoms with E-state index in [0.29, 0.717) is 27.4 Å². The van der Waals surface area contributed by atoms with Crippen molar-refractivity contribution in [2.45, 2.75) is 0 Å².